The first-order valence-electron chi connectivity index (χ1n) is 5.51. The molecule has 0 aliphatic carbocycles. The average molecular weight is 260 g/mol. The van der Waals surface area contributed by atoms with Crippen LogP contribution in [0.1, 0.15) is 26.4 Å². The minimum atomic E-state index is -1.00. The van der Waals surface area contributed by atoms with Crippen molar-refractivity contribution in [1.29, 1.82) is 0 Å². The number of hydrogen-bond acceptors (Lipinski definition) is 4. The molecule has 98 valence electrons. The molecule has 2 aromatic rings. The van der Waals surface area contributed by atoms with E-state index in [1.54, 1.807) is 16.8 Å². The Kier molecular flexibility index (Phi) is 3.61. The van der Waals surface area contributed by atoms with Crippen LogP contribution in [0.3, 0.4) is 0 Å². The van der Waals surface area contributed by atoms with Crippen molar-refractivity contribution in [2.45, 2.75) is 6.54 Å². The maximum atomic E-state index is 10.9. The van der Waals surface area contributed by atoms with E-state index in [1.165, 1.54) is 25.6 Å². The number of imidazole rings is 1. The van der Waals surface area contributed by atoms with Crippen molar-refractivity contribution in [2.24, 2.45) is 0 Å². The van der Waals surface area contributed by atoms with Crippen LogP contribution in [0.15, 0.2) is 30.7 Å². The van der Waals surface area contributed by atoms with Gasteiger partial charge in [-0.3, -0.25) is 4.79 Å². The fourth-order valence-electron chi connectivity index (χ4n) is 1.73. The first-order valence-corrected chi connectivity index (χ1v) is 5.51. The highest BCUT2D eigenvalue weighted by atomic mass is 16.5. The minimum absolute atomic E-state index is 0.166. The molecule has 1 aromatic carbocycles. The van der Waals surface area contributed by atoms with E-state index in [0.717, 1.165) is 5.56 Å². The molecular weight excluding hydrogens is 248 g/mol. The zero-order valence-corrected chi connectivity index (χ0v) is 10.2. The van der Waals surface area contributed by atoms with Crippen LogP contribution >= 0.6 is 0 Å². The quantitative estimate of drug-likeness (QED) is 0.823. The first-order chi connectivity index (χ1) is 9.13. The normalized spacial score (nSPS) is 10.2. The van der Waals surface area contributed by atoms with Crippen LogP contribution in [0.2, 0.25) is 0 Å². The number of carbonyl (C=O) groups excluding carboxylic acids is 1. The van der Waals surface area contributed by atoms with E-state index in [1.807, 2.05) is 0 Å². The number of benzene rings is 1. The molecule has 0 saturated carbocycles. The van der Waals surface area contributed by atoms with E-state index in [9.17, 15) is 9.59 Å². The molecule has 1 aromatic heterocycles. The van der Waals surface area contributed by atoms with Crippen LogP contribution in [-0.4, -0.2) is 34.0 Å². The Bertz CT molecular complexity index is 619. The number of aromatic nitrogens is 2. The summed E-state index contributed by atoms with van der Waals surface area (Å²) in [5.74, 6) is -0.517. The number of rotatable bonds is 5. The molecule has 0 amide bonds. The third kappa shape index (κ3) is 2.79. The molecule has 6 nitrogen and oxygen atoms in total. The number of carboxylic acid groups (broad SMARTS) is 1. The van der Waals surface area contributed by atoms with E-state index in [-0.39, 0.29) is 5.56 Å². The van der Waals surface area contributed by atoms with Crippen molar-refractivity contribution in [3.05, 3.63) is 47.5 Å². The van der Waals surface area contributed by atoms with E-state index >= 15 is 0 Å². The molecule has 0 fully saturated rings. The van der Waals surface area contributed by atoms with Gasteiger partial charge in [0, 0.05) is 11.8 Å². The van der Waals surface area contributed by atoms with Crippen LogP contribution in [0.4, 0.5) is 0 Å². The number of carbonyl (C=O) groups is 2. The summed E-state index contributed by atoms with van der Waals surface area (Å²) in [5.41, 5.74) is 1.32. The van der Waals surface area contributed by atoms with E-state index in [4.69, 9.17) is 9.84 Å². The lowest BCUT2D eigenvalue weighted by Gasteiger charge is -2.09. The molecule has 1 N–H and O–H groups in total. The van der Waals surface area contributed by atoms with Gasteiger partial charge < -0.3 is 14.4 Å². The predicted octanol–water partition coefficient (Wildman–Crippen LogP) is 1.45. The van der Waals surface area contributed by atoms with Crippen molar-refractivity contribution in [3.8, 4) is 5.75 Å². The van der Waals surface area contributed by atoms with Crippen LogP contribution in [0, 0.1) is 0 Å². The van der Waals surface area contributed by atoms with Gasteiger partial charge >= 0.3 is 5.97 Å². The maximum absolute atomic E-state index is 10.9. The second-order valence-electron chi connectivity index (χ2n) is 3.92. The van der Waals surface area contributed by atoms with Gasteiger partial charge in [0.05, 0.1) is 25.5 Å². The summed E-state index contributed by atoms with van der Waals surface area (Å²) in [6.45, 7) is 0.448. The van der Waals surface area contributed by atoms with Gasteiger partial charge in [0.15, 0.2) is 6.29 Å². The SMILES string of the molecule is COc1cc(C(=O)O)ccc1Cn1cnc(C=O)c1. The zero-order chi connectivity index (χ0) is 13.8. The summed E-state index contributed by atoms with van der Waals surface area (Å²) in [6.07, 6.45) is 3.81. The van der Waals surface area contributed by atoms with Crippen molar-refractivity contribution in [1.82, 2.24) is 9.55 Å². The number of ether oxygens (including phenoxy) is 1. The van der Waals surface area contributed by atoms with Crippen LogP contribution < -0.4 is 4.74 Å². The number of carboxylic acids is 1. The van der Waals surface area contributed by atoms with Gasteiger partial charge in [0.1, 0.15) is 11.4 Å². The number of methoxy groups -OCH3 is 1. The molecule has 0 bridgehead atoms. The average Bonchev–Trinajstić information content (AvgIpc) is 2.86. The van der Waals surface area contributed by atoms with Gasteiger partial charge in [-0.1, -0.05) is 6.07 Å². The Morgan fingerprint density at radius 1 is 1.53 bits per heavy atom. The fraction of sp³-hybridized carbons (Fsp3) is 0.154. The number of aldehydes is 1. The molecule has 0 atom stereocenters. The molecule has 2 rings (SSSR count). The standard InChI is InChI=1S/C13H12N2O4/c1-19-12-4-9(13(17)18)2-3-10(12)5-15-6-11(7-16)14-8-15/h2-4,6-8H,5H2,1H3,(H,17,18). The summed E-state index contributed by atoms with van der Waals surface area (Å²) in [6, 6.07) is 4.66. The first kappa shape index (κ1) is 12.8. The van der Waals surface area contributed by atoms with E-state index < -0.39 is 5.97 Å². The molecule has 0 saturated heterocycles. The third-order valence-electron chi connectivity index (χ3n) is 2.66. The Hall–Kier alpha value is -2.63. The Labute approximate surface area is 109 Å². The number of aromatic carboxylic acids is 1. The number of hydrogen-bond donors (Lipinski definition) is 1. The predicted molar refractivity (Wildman–Crippen MR) is 66.7 cm³/mol. The second kappa shape index (κ2) is 5.34. The molecule has 1 heterocycles. The van der Waals surface area contributed by atoms with E-state index in [0.29, 0.717) is 24.3 Å². The van der Waals surface area contributed by atoms with Gasteiger partial charge in [-0.05, 0) is 12.1 Å². The highest BCUT2D eigenvalue weighted by molar-refractivity contribution is 5.88. The van der Waals surface area contributed by atoms with Gasteiger partial charge in [-0.15, -0.1) is 0 Å². The Morgan fingerprint density at radius 2 is 2.32 bits per heavy atom. The van der Waals surface area contributed by atoms with Crippen LogP contribution in [0.5, 0.6) is 5.75 Å². The maximum Gasteiger partial charge on any atom is 0.335 e. The lowest BCUT2D eigenvalue weighted by molar-refractivity contribution is 0.0696. The van der Waals surface area contributed by atoms with Crippen molar-refractivity contribution in [3.63, 3.8) is 0 Å². The molecule has 0 spiro atoms. The Balaban J connectivity index is 2.29. The van der Waals surface area contributed by atoms with Gasteiger partial charge in [0.25, 0.3) is 0 Å². The van der Waals surface area contributed by atoms with Gasteiger partial charge in [-0.2, -0.15) is 0 Å². The van der Waals surface area contributed by atoms with Crippen molar-refractivity contribution < 1.29 is 19.4 Å². The molecule has 0 aliphatic heterocycles. The summed E-state index contributed by atoms with van der Waals surface area (Å²) in [7, 11) is 1.48. The largest absolute Gasteiger partial charge is 0.496 e. The second-order valence-corrected chi connectivity index (χ2v) is 3.92. The molecule has 0 radical (unpaired) electrons. The summed E-state index contributed by atoms with van der Waals surface area (Å²) >= 11 is 0. The van der Waals surface area contributed by atoms with Gasteiger partial charge in [-0.25, -0.2) is 9.78 Å². The van der Waals surface area contributed by atoms with Crippen molar-refractivity contribution >= 4 is 12.3 Å². The molecule has 0 aliphatic rings. The monoisotopic (exact) mass is 260 g/mol. The zero-order valence-electron chi connectivity index (χ0n) is 10.2. The molecule has 0 unspecified atom stereocenters. The summed E-state index contributed by atoms with van der Waals surface area (Å²) in [5, 5.41) is 8.91. The van der Waals surface area contributed by atoms with Crippen LogP contribution in [0.25, 0.3) is 0 Å². The Morgan fingerprint density at radius 3 is 2.89 bits per heavy atom. The van der Waals surface area contributed by atoms with E-state index in [2.05, 4.69) is 4.98 Å². The fourth-order valence-corrected chi connectivity index (χ4v) is 1.73. The lowest BCUT2D eigenvalue weighted by Crippen LogP contribution is -2.03. The van der Waals surface area contributed by atoms with Gasteiger partial charge in [0.2, 0.25) is 0 Å². The molecule has 6 heteroatoms. The smallest absolute Gasteiger partial charge is 0.335 e. The molecular formula is C13H12N2O4. The highest BCUT2D eigenvalue weighted by Crippen LogP contribution is 2.21. The third-order valence-corrected chi connectivity index (χ3v) is 2.66. The molecule has 19 heavy (non-hydrogen) atoms. The topological polar surface area (TPSA) is 81.4 Å². The highest BCUT2D eigenvalue weighted by Gasteiger charge is 2.09. The van der Waals surface area contributed by atoms with Crippen molar-refractivity contribution in [2.75, 3.05) is 7.11 Å². The minimum Gasteiger partial charge on any atom is -0.496 e. The lowest BCUT2D eigenvalue weighted by atomic mass is 10.1. The van der Waals surface area contributed by atoms with Crippen LogP contribution in [-0.2, 0) is 6.54 Å². The number of nitrogens with zero attached hydrogens (tertiary/aromatic N) is 2. The summed E-state index contributed by atoms with van der Waals surface area (Å²) < 4.78 is 6.90. The summed E-state index contributed by atoms with van der Waals surface area (Å²) in [4.78, 5) is 25.3.